The van der Waals surface area contributed by atoms with E-state index in [0.29, 0.717) is 5.03 Å². The van der Waals surface area contributed by atoms with Crippen molar-refractivity contribution in [2.45, 2.75) is 5.03 Å². The number of thiophene rings is 1. The van der Waals surface area contributed by atoms with E-state index in [1.807, 2.05) is 6.07 Å². The van der Waals surface area contributed by atoms with E-state index >= 15 is 0 Å². The minimum Gasteiger partial charge on any atom is -0.341 e. The van der Waals surface area contributed by atoms with Gasteiger partial charge in [-0.25, -0.2) is 19.2 Å². The molecule has 2 heterocycles. The highest BCUT2D eigenvalue weighted by Crippen LogP contribution is 2.36. The van der Waals surface area contributed by atoms with Gasteiger partial charge < -0.3 is 5.32 Å². The van der Waals surface area contributed by atoms with E-state index in [0.717, 1.165) is 20.7 Å². The lowest BCUT2D eigenvalue weighted by Gasteiger charge is -2.03. The Morgan fingerprint density at radius 1 is 1.24 bits per heavy atom. The van der Waals surface area contributed by atoms with Crippen LogP contribution in [0.15, 0.2) is 41.7 Å². The average Bonchev–Trinajstić information content (AvgIpc) is 3.05. The zero-order valence-corrected chi connectivity index (χ0v) is 14.7. The molecule has 0 aliphatic rings. The number of aromatic nitrogens is 2. The topological polar surface area (TPSA) is 84.0 Å². The van der Waals surface area contributed by atoms with E-state index < -0.39 is 11.9 Å². The fourth-order valence-corrected chi connectivity index (χ4v) is 4.05. The molecule has 3 aromatic rings. The summed E-state index contributed by atoms with van der Waals surface area (Å²) >= 11 is 2.70. The molecule has 9 heteroatoms. The van der Waals surface area contributed by atoms with E-state index in [9.17, 15) is 14.0 Å². The molecule has 0 aliphatic carbocycles. The van der Waals surface area contributed by atoms with Crippen molar-refractivity contribution in [2.24, 2.45) is 0 Å². The second-order valence-corrected chi connectivity index (χ2v) is 6.94. The summed E-state index contributed by atoms with van der Waals surface area (Å²) in [7, 11) is 1.44. The van der Waals surface area contributed by atoms with Gasteiger partial charge in [0.05, 0.1) is 16.0 Å². The minimum atomic E-state index is -0.548. The Balaban J connectivity index is 1.81. The summed E-state index contributed by atoms with van der Waals surface area (Å²) in [5.74, 6) is -0.641. The molecular formula is C16H13FN4O2S2. The SMILES string of the molecule is CNC(=O)NC(=O)CSc1ncnc2cc(-c3ccc(F)cc3)sc12. The second kappa shape index (κ2) is 7.58. The Labute approximate surface area is 150 Å². The number of hydrogen-bond acceptors (Lipinski definition) is 6. The van der Waals surface area contributed by atoms with Crippen molar-refractivity contribution in [2.75, 3.05) is 12.8 Å². The number of carbonyl (C=O) groups excluding carboxylic acids is 2. The molecule has 0 spiro atoms. The van der Waals surface area contributed by atoms with E-state index in [4.69, 9.17) is 0 Å². The van der Waals surface area contributed by atoms with Gasteiger partial charge in [-0.1, -0.05) is 23.9 Å². The second-order valence-electron chi connectivity index (χ2n) is 4.93. The first-order valence-electron chi connectivity index (χ1n) is 7.21. The summed E-state index contributed by atoms with van der Waals surface area (Å²) in [6, 6.07) is 7.58. The molecule has 0 unspecified atom stereocenters. The summed E-state index contributed by atoms with van der Waals surface area (Å²) in [6.45, 7) is 0. The molecular weight excluding hydrogens is 363 g/mol. The first kappa shape index (κ1) is 17.3. The number of fused-ring (bicyclic) bond motifs is 1. The molecule has 3 amide bonds. The van der Waals surface area contributed by atoms with Crippen molar-refractivity contribution in [1.29, 1.82) is 0 Å². The lowest BCUT2D eigenvalue weighted by molar-refractivity contribution is -0.117. The van der Waals surface area contributed by atoms with Crippen LogP contribution in [-0.4, -0.2) is 34.7 Å². The number of benzene rings is 1. The number of carbonyl (C=O) groups is 2. The van der Waals surface area contributed by atoms with E-state index in [1.165, 1.54) is 48.6 Å². The summed E-state index contributed by atoms with van der Waals surface area (Å²) in [5.41, 5.74) is 1.64. The monoisotopic (exact) mass is 376 g/mol. The normalized spacial score (nSPS) is 10.6. The summed E-state index contributed by atoms with van der Waals surface area (Å²) < 4.78 is 13.9. The molecule has 0 aliphatic heterocycles. The predicted octanol–water partition coefficient (Wildman–Crippen LogP) is 3.05. The van der Waals surface area contributed by atoms with Crippen LogP contribution in [0.25, 0.3) is 20.7 Å². The van der Waals surface area contributed by atoms with Crippen LogP contribution < -0.4 is 10.6 Å². The molecule has 0 radical (unpaired) electrons. The van der Waals surface area contributed by atoms with Crippen LogP contribution in [0.5, 0.6) is 0 Å². The molecule has 6 nitrogen and oxygen atoms in total. The fraction of sp³-hybridized carbons (Fsp3) is 0.125. The molecule has 2 N–H and O–H groups in total. The van der Waals surface area contributed by atoms with Crippen molar-refractivity contribution in [3.8, 4) is 10.4 Å². The number of rotatable bonds is 4. The van der Waals surface area contributed by atoms with Gasteiger partial charge in [0.1, 0.15) is 17.2 Å². The van der Waals surface area contributed by atoms with E-state index in [1.54, 1.807) is 12.1 Å². The smallest absolute Gasteiger partial charge is 0.321 e. The van der Waals surface area contributed by atoms with Crippen LogP contribution in [0, 0.1) is 5.82 Å². The average molecular weight is 376 g/mol. The summed E-state index contributed by atoms with van der Waals surface area (Å²) in [4.78, 5) is 32.2. The predicted molar refractivity (Wildman–Crippen MR) is 96.1 cm³/mol. The zero-order chi connectivity index (χ0) is 17.8. The maximum Gasteiger partial charge on any atom is 0.321 e. The molecule has 1 aromatic carbocycles. The quantitative estimate of drug-likeness (QED) is 0.540. The molecule has 0 atom stereocenters. The van der Waals surface area contributed by atoms with Crippen molar-refractivity contribution in [3.05, 3.63) is 42.5 Å². The van der Waals surface area contributed by atoms with Crippen LogP contribution in [0.2, 0.25) is 0 Å². The Bertz CT molecular complexity index is 928. The molecule has 0 fully saturated rings. The fourth-order valence-electron chi connectivity index (χ4n) is 2.05. The van der Waals surface area contributed by atoms with Crippen molar-refractivity contribution >= 4 is 45.3 Å². The Hall–Kier alpha value is -2.52. The summed E-state index contributed by atoms with van der Waals surface area (Å²) in [5, 5.41) is 5.18. The molecule has 3 rings (SSSR count). The van der Waals surface area contributed by atoms with Crippen LogP contribution >= 0.6 is 23.1 Å². The number of thioether (sulfide) groups is 1. The number of urea groups is 1. The van der Waals surface area contributed by atoms with Gasteiger partial charge in [-0.2, -0.15) is 0 Å². The van der Waals surface area contributed by atoms with Crippen LogP contribution in [0.4, 0.5) is 9.18 Å². The number of hydrogen-bond donors (Lipinski definition) is 2. The molecule has 25 heavy (non-hydrogen) atoms. The van der Waals surface area contributed by atoms with E-state index in [-0.39, 0.29) is 11.6 Å². The third kappa shape index (κ3) is 4.12. The van der Waals surface area contributed by atoms with Gasteiger partial charge in [-0.3, -0.25) is 10.1 Å². The molecule has 128 valence electrons. The zero-order valence-electron chi connectivity index (χ0n) is 13.1. The molecule has 0 saturated heterocycles. The lowest BCUT2D eigenvalue weighted by Crippen LogP contribution is -2.38. The van der Waals surface area contributed by atoms with Gasteiger partial charge >= 0.3 is 6.03 Å². The minimum absolute atomic E-state index is 0.0588. The number of amides is 3. The number of halogens is 1. The number of imide groups is 1. The summed E-state index contributed by atoms with van der Waals surface area (Å²) in [6.07, 6.45) is 1.43. The van der Waals surface area contributed by atoms with Gasteiger partial charge in [-0.15, -0.1) is 11.3 Å². The van der Waals surface area contributed by atoms with Crippen molar-refractivity contribution in [3.63, 3.8) is 0 Å². The maximum absolute atomic E-state index is 13.1. The van der Waals surface area contributed by atoms with Gasteiger partial charge in [0, 0.05) is 11.9 Å². The molecule has 0 bridgehead atoms. The first-order chi connectivity index (χ1) is 12.1. The Kier molecular flexibility index (Phi) is 5.25. The third-order valence-electron chi connectivity index (χ3n) is 3.23. The number of nitrogens with one attached hydrogen (secondary N) is 2. The van der Waals surface area contributed by atoms with Gasteiger partial charge in [0.25, 0.3) is 0 Å². The molecule has 2 aromatic heterocycles. The largest absolute Gasteiger partial charge is 0.341 e. The first-order valence-corrected chi connectivity index (χ1v) is 9.02. The van der Waals surface area contributed by atoms with Gasteiger partial charge in [0.15, 0.2) is 0 Å². The highest BCUT2D eigenvalue weighted by molar-refractivity contribution is 8.00. The highest BCUT2D eigenvalue weighted by atomic mass is 32.2. The number of nitrogens with zero attached hydrogens (tertiary/aromatic N) is 2. The van der Waals surface area contributed by atoms with E-state index in [2.05, 4.69) is 20.6 Å². The highest BCUT2D eigenvalue weighted by Gasteiger charge is 2.13. The van der Waals surface area contributed by atoms with Crippen LogP contribution in [0.3, 0.4) is 0 Å². The maximum atomic E-state index is 13.1. The Morgan fingerprint density at radius 2 is 2.00 bits per heavy atom. The van der Waals surface area contributed by atoms with Crippen LogP contribution in [0.1, 0.15) is 0 Å². The lowest BCUT2D eigenvalue weighted by atomic mass is 10.2. The standard InChI is InChI=1S/C16H13FN4O2S2/c1-18-16(23)21-13(22)7-24-15-14-11(19-8-20-15)6-12(25-14)9-2-4-10(17)5-3-9/h2-6,8H,7H2,1H3,(H2,18,21,22,23). The van der Waals surface area contributed by atoms with Crippen molar-refractivity contribution in [1.82, 2.24) is 20.6 Å². The Morgan fingerprint density at radius 3 is 2.72 bits per heavy atom. The van der Waals surface area contributed by atoms with Gasteiger partial charge in [0.2, 0.25) is 5.91 Å². The van der Waals surface area contributed by atoms with Gasteiger partial charge in [-0.05, 0) is 23.8 Å². The van der Waals surface area contributed by atoms with Crippen LogP contribution in [-0.2, 0) is 4.79 Å². The third-order valence-corrected chi connectivity index (χ3v) is 5.53. The van der Waals surface area contributed by atoms with Crippen molar-refractivity contribution < 1.29 is 14.0 Å². The molecule has 0 saturated carbocycles.